The Morgan fingerprint density at radius 2 is 2.21 bits per heavy atom. The molecule has 1 amide bonds. The van der Waals surface area contributed by atoms with Crippen molar-refractivity contribution in [2.24, 2.45) is 5.18 Å². The lowest BCUT2D eigenvalue weighted by Gasteiger charge is -2.18. The fraction of sp³-hybridized carbons (Fsp3) is 0.278. The van der Waals surface area contributed by atoms with Crippen molar-refractivity contribution in [2.45, 2.75) is 17.4 Å². The molecule has 0 spiro atoms. The zero-order valence-electron chi connectivity index (χ0n) is 14.8. The van der Waals surface area contributed by atoms with Gasteiger partial charge in [0.2, 0.25) is 0 Å². The van der Waals surface area contributed by atoms with E-state index in [1.807, 2.05) is 0 Å². The van der Waals surface area contributed by atoms with Gasteiger partial charge in [-0.2, -0.15) is 0 Å². The van der Waals surface area contributed by atoms with Gasteiger partial charge in [0.1, 0.15) is 11.4 Å². The number of likely N-dealkylation sites (tertiary alicyclic amines) is 1. The first kappa shape index (κ1) is 20.9. The molecular weight excluding hydrogens is 470 g/mol. The van der Waals surface area contributed by atoms with Crippen molar-refractivity contribution < 1.29 is 14.6 Å². The van der Waals surface area contributed by atoms with Crippen molar-refractivity contribution in [2.75, 3.05) is 24.9 Å². The Morgan fingerprint density at radius 1 is 1.43 bits per heavy atom. The molecule has 2 N–H and O–H groups in total. The highest BCUT2D eigenvalue weighted by atomic mass is 79.9. The Labute approximate surface area is 179 Å². The van der Waals surface area contributed by atoms with Gasteiger partial charge in [-0.25, -0.2) is 0 Å². The second kappa shape index (κ2) is 9.13. The second-order valence-electron chi connectivity index (χ2n) is 6.15. The topological polar surface area (TPSA) is 91.2 Å². The molecule has 0 saturated carbocycles. The molecule has 10 heteroatoms. The number of halogens is 2. The second-order valence-corrected chi connectivity index (χ2v) is 8.35. The summed E-state index contributed by atoms with van der Waals surface area (Å²) in [6.45, 7) is 0.981. The number of nitroso groups, excluding NO2 is 1. The molecule has 0 bridgehead atoms. The highest BCUT2D eigenvalue weighted by Crippen LogP contribution is 2.38. The minimum absolute atomic E-state index is 0.0246. The summed E-state index contributed by atoms with van der Waals surface area (Å²) < 4.78 is 9.03. The van der Waals surface area contributed by atoms with E-state index < -0.39 is 0 Å². The van der Waals surface area contributed by atoms with Crippen LogP contribution in [0, 0.1) is 4.91 Å². The van der Waals surface area contributed by atoms with Gasteiger partial charge in [-0.3, -0.25) is 4.79 Å². The molecular formula is C18H17BrClN3O4S. The lowest BCUT2D eigenvalue weighted by molar-refractivity contribution is 0.0725. The number of methoxy groups -OCH3 is 1. The van der Waals surface area contributed by atoms with Crippen molar-refractivity contribution in [3.8, 4) is 5.75 Å². The van der Waals surface area contributed by atoms with E-state index in [0.29, 0.717) is 23.0 Å². The lowest BCUT2D eigenvalue weighted by atomic mass is 10.1. The summed E-state index contributed by atoms with van der Waals surface area (Å²) in [7, 11) is 1.60. The van der Waals surface area contributed by atoms with E-state index in [1.54, 1.807) is 30.2 Å². The van der Waals surface area contributed by atoms with Crippen LogP contribution in [-0.2, 0) is 4.74 Å². The third-order valence-electron chi connectivity index (χ3n) is 4.35. The van der Waals surface area contributed by atoms with Crippen molar-refractivity contribution in [1.82, 2.24) is 4.90 Å². The van der Waals surface area contributed by atoms with Gasteiger partial charge in [-0.05, 0) is 53.9 Å². The highest BCUT2D eigenvalue weighted by Gasteiger charge is 2.29. The van der Waals surface area contributed by atoms with E-state index >= 15 is 0 Å². The monoisotopic (exact) mass is 485 g/mol. The molecule has 3 rings (SSSR count). The number of phenolic OH excluding ortho intramolecular Hbond substituents is 1. The first-order valence-electron chi connectivity index (χ1n) is 8.33. The van der Waals surface area contributed by atoms with Crippen molar-refractivity contribution in [1.29, 1.82) is 0 Å². The number of benzene rings is 2. The Hall–Kier alpha value is -1.81. The van der Waals surface area contributed by atoms with Crippen LogP contribution < -0.4 is 4.72 Å². The Morgan fingerprint density at radius 3 is 2.89 bits per heavy atom. The molecule has 1 aliphatic rings. The fourth-order valence-electron chi connectivity index (χ4n) is 2.89. The van der Waals surface area contributed by atoms with Gasteiger partial charge >= 0.3 is 0 Å². The molecule has 2 aromatic rings. The maximum absolute atomic E-state index is 12.9. The van der Waals surface area contributed by atoms with E-state index in [9.17, 15) is 14.8 Å². The molecule has 7 nitrogen and oxygen atoms in total. The maximum atomic E-state index is 12.9. The van der Waals surface area contributed by atoms with Crippen LogP contribution >= 0.6 is 39.5 Å². The van der Waals surface area contributed by atoms with Crippen LogP contribution in [-0.4, -0.2) is 42.2 Å². The number of anilines is 1. The number of carbonyl (C=O) groups excluding carboxylic acids is 1. The molecule has 1 unspecified atom stereocenters. The molecule has 148 valence electrons. The van der Waals surface area contributed by atoms with Crippen LogP contribution in [0.5, 0.6) is 5.75 Å². The number of amides is 1. The molecule has 2 aromatic carbocycles. The SMILES string of the molecule is COC1CCN(C(=O)c2cc(Cl)cc(NSc3cc(Br)ccc3O)c2N=O)C1. The molecule has 0 aromatic heterocycles. The number of aromatic hydroxyl groups is 1. The Kier molecular flexibility index (Phi) is 6.82. The number of phenols is 1. The summed E-state index contributed by atoms with van der Waals surface area (Å²) in [5.74, 6) is -0.252. The number of rotatable bonds is 6. The van der Waals surface area contributed by atoms with Gasteiger partial charge in [0.05, 0.1) is 22.3 Å². The summed E-state index contributed by atoms with van der Waals surface area (Å²) in [5.41, 5.74) is 0.385. The standard InChI is InChI=1S/C18H17BrClN3O4S/c1-27-12-4-5-23(9-12)18(25)13-7-11(20)8-14(17(13)21-26)22-28-16-6-10(19)2-3-15(16)24/h2-3,6-8,12,22,24H,4-5,9H2,1H3. The van der Waals surface area contributed by atoms with Crippen LogP contribution in [0.3, 0.4) is 0 Å². The number of hydrogen-bond donors (Lipinski definition) is 2. The van der Waals surface area contributed by atoms with Crippen LogP contribution in [0.4, 0.5) is 11.4 Å². The quantitative estimate of drug-likeness (QED) is 0.431. The smallest absolute Gasteiger partial charge is 0.256 e. The molecule has 1 fully saturated rings. The van der Waals surface area contributed by atoms with Gasteiger partial charge < -0.3 is 19.5 Å². The molecule has 0 radical (unpaired) electrons. The molecule has 28 heavy (non-hydrogen) atoms. The van der Waals surface area contributed by atoms with Crippen LogP contribution in [0.2, 0.25) is 5.02 Å². The van der Waals surface area contributed by atoms with Crippen LogP contribution in [0.25, 0.3) is 0 Å². The number of hydrogen-bond acceptors (Lipinski definition) is 7. The lowest BCUT2D eigenvalue weighted by Crippen LogP contribution is -2.30. The van der Waals surface area contributed by atoms with E-state index in [0.717, 1.165) is 22.8 Å². The first-order chi connectivity index (χ1) is 13.4. The fourth-order valence-corrected chi connectivity index (χ4v) is 4.36. The number of nitrogens with one attached hydrogen (secondary N) is 1. The zero-order chi connectivity index (χ0) is 20.3. The number of ether oxygens (including phenoxy) is 1. The average molecular weight is 487 g/mol. The summed E-state index contributed by atoms with van der Waals surface area (Å²) in [6.07, 6.45) is 0.707. The first-order valence-corrected chi connectivity index (χ1v) is 10.3. The van der Waals surface area contributed by atoms with Crippen LogP contribution in [0.1, 0.15) is 16.8 Å². The van der Waals surface area contributed by atoms with E-state index in [2.05, 4.69) is 25.8 Å². The number of nitrogens with zero attached hydrogens (tertiary/aromatic N) is 2. The van der Waals surface area contributed by atoms with E-state index in [1.165, 1.54) is 12.1 Å². The Bertz CT molecular complexity index is 915. The van der Waals surface area contributed by atoms with Crippen molar-refractivity contribution in [3.05, 3.63) is 50.3 Å². The third kappa shape index (κ3) is 4.60. The molecule has 1 saturated heterocycles. The summed E-state index contributed by atoms with van der Waals surface area (Å²) >= 11 is 10.6. The van der Waals surface area contributed by atoms with E-state index in [4.69, 9.17) is 16.3 Å². The predicted molar refractivity (Wildman–Crippen MR) is 114 cm³/mol. The van der Waals surface area contributed by atoms with Gasteiger partial charge in [0, 0.05) is 29.7 Å². The maximum Gasteiger partial charge on any atom is 0.256 e. The van der Waals surface area contributed by atoms with Crippen molar-refractivity contribution >= 4 is 56.8 Å². The summed E-state index contributed by atoms with van der Waals surface area (Å²) in [4.78, 5) is 26.6. The molecule has 1 atom stereocenters. The predicted octanol–water partition coefficient (Wildman–Crippen LogP) is 5.19. The summed E-state index contributed by atoms with van der Waals surface area (Å²) in [6, 6.07) is 7.91. The third-order valence-corrected chi connectivity index (χ3v) is 5.94. The minimum Gasteiger partial charge on any atom is -0.507 e. The number of carbonyl (C=O) groups is 1. The van der Waals surface area contributed by atoms with Gasteiger partial charge in [-0.15, -0.1) is 4.91 Å². The molecule has 0 aliphatic carbocycles. The minimum atomic E-state index is -0.324. The van der Waals surface area contributed by atoms with Crippen LogP contribution in [0.15, 0.2) is 44.9 Å². The Balaban J connectivity index is 1.87. The highest BCUT2D eigenvalue weighted by molar-refractivity contribution is 9.10. The average Bonchev–Trinajstić information content (AvgIpc) is 3.17. The normalized spacial score (nSPS) is 16.2. The van der Waals surface area contributed by atoms with E-state index in [-0.39, 0.29) is 34.7 Å². The molecule has 1 heterocycles. The zero-order valence-corrected chi connectivity index (χ0v) is 18.0. The van der Waals surface area contributed by atoms with Gasteiger partial charge in [0.25, 0.3) is 5.91 Å². The van der Waals surface area contributed by atoms with Gasteiger partial charge in [0.15, 0.2) is 0 Å². The van der Waals surface area contributed by atoms with Gasteiger partial charge in [-0.1, -0.05) is 27.5 Å². The largest absolute Gasteiger partial charge is 0.507 e. The van der Waals surface area contributed by atoms with Crippen molar-refractivity contribution in [3.63, 3.8) is 0 Å². The molecule has 1 aliphatic heterocycles. The summed E-state index contributed by atoms with van der Waals surface area (Å²) in [5, 5.41) is 13.3.